The number of ether oxygens (including phenoxy) is 2. The largest absolute Gasteiger partial charge is 0.496 e. The SMILES string of the molecule is CNC[C@@H]1CCCc2c(OC)cccc21.COc1cccc2c1CCC[C@H]2CN(C)CCc1ccc2c(c1)CN(C(=O)c1ccccc1)C2.Cl. The molecule has 1 N–H and O–H groups in total. The van der Waals surface area contributed by atoms with E-state index in [0.717, 1.165) is 49.5 Å². The molecule has 50 heavy (non-hydrogen) atoms. The lowest BCUT2D eigenvalue weighted by atomic mass is 9.82. The molecule has 0 unspecified atom stereocenters. The summed E-state index contributed by atoms with van der Waals surface area (Å²) in [4.78, 5) is 17.3. The molecular weight excluding hydrogens is 642 g/mol. The van der Waals surface area contributed by atoms with E-state index in [9.17, 15) is 4.79 Å². The van der Waals surface area contributed by atoms with Crippen molar-refractivity contribution in [1.82, 2.24) is 15.1 Å². The second-order valence-corrected chi connectivity index (χ2v) is 13.9. The molecule has 0 saturated heterocycles. The van der Waals surface area contributed by atoms with Crippen molar-refractivity contribution in [2.24, 2.45) is 0 Å². The van der Waals surface area contributed by atoms with Crippen LogP contribution in [0.3, 0.4) is 0 Å². The Bertz CT molecular complexity index is 1710. The van der Waals surface area contributed by atoms with E-state index in [2.05, 4.69) is 71.9 Å². The molecule has 2 atom stereocenters. The Morgan fingerprint density at radius 3 is 2.06 bits per heavy atom. The minimum Gasteiger partial charge on any atom is -0.496 e. The van der Waals surface area contributed by atoms with Crippen LogP contribution in [-0.2, 0) is 32.4 Å². The Morgan fingerprint density at radius 2 is 1.42 bits per heavy atom. The predicted molar refractivity (Wildman–Crippen MR) is 206 cm³/mol. The molecule has 4 aromatic rings. The minimum atomic E-state index is 0. The molecule has 1 amide bonds. The van der Waals surface area contributed by atoms with Crippen LogP contribution >= 0.6 is 12.4 Å². The van der Waals surface area contributed by atoms with E-state index in [4.69, 9.17) is 9.47 Å². The lowest BCUT2D eigenvalue weighted by Gasteiger charge is -2.30. The Hall–Kier alpha value is -3.84. The number of fused-ring (bicyclic) bond motifs is 3. The number of hydrogen-bond donors (Lipinski definition) is 1. The van der Waals surface area contributed by atoms with Gasteiger partial charge >= 0.3 is 0 Å². The summed E-state index contributed by atoms with van der Waals surface area (Å²) < 4.78 is 11.0. The molecule has 6 nitrogen and oxygen atoms in total. The number of benzene rings is 4. The molecule has 266 valence electrons. The Labute approximate surface area is 305 Å². The number of amides is 1. The summed E-state index contributed by atoms with van der Waals surface area (Å²) in [6, 6.07) is 29.3. The van der Waals surface area contributed by atoms with Crippen LogP contribution in [-0.4, -0.2) is 63.7 Å². The highest BCUT2D eigenvalue weighted by Gasteiger charge is 2.26. The molecule has 7 rings (SSSR count). The number of nitrogens with zero attached hydrogens (tertiary/aromatic N) is 2. The van der Waals surface area contributed by atoms with Crippen LogP contribution in [0.2, 0.25) is 0 Å². The molecular formula is C43H54ClN3O3. The van der Waals surface area contributed by atoms with Gasteiger partial charge in [0.25, 0.3) is 5.91 Å². The second-order valence-electron chi connectivity index (χ2n) is 13.9. The smallest absolute Gasteiger partial charge is 0.254 e. The van der Waals surface area contributed by atoms with Crippen molar-refractivity contribution >= 4 is 18.3 Å². The minimum absolute atomic E-state index is 0. The van der Waals surface area contributed by atoms with E-state index in [1.807, 2.05) is 42.3 Å². The number of likely N-dealkylation sites (N-methyl/N-ethyl adjacent to an activating group) is 2. The van der Waals surface area contributed by atoms with E-state index in [-0.39, 0.29) is 18.3 Å². The van der Waals surface area contributed by atoms with Gasteiger partial charge in [0.15, 0.2) is 0 Å². The first-order chi connectivity index (χ1) is 24.0. The third kappa shape index (κ3) is 8.71. The van der Waals surface area contributed by atoms with Gasteiger partial charge in [0.05, 0.1) is 14.2 Å². The summed E-state index contributed by atoms with van der Waals surface area (Å²) in [5.41, 5.74) is 10.5. The van der Waals surface area contributed by atoms with Crippen molar-refractivity contribution in [2.75, 3.05) is 47.9 Å². The van der Waals surface area contributed by atoms with Crippen LogP contribution in [0.5, 0.6) is 11.5 Å². The standard InChI is InChI=1S/C30H34N2O2.C13H19NO.ClH/c1-31(19-25-10-6-12-28-27(25)11-7-13-29(28)34-2)17-16-22-14-15-24-20-32(21-26(24)18-22)30(33)23-8-4-3-5-9-23;1-14-9-10-5-3-7-12-11(10)6-4-8-13(12)15-2;/h3-5,7-9,11,13-15,18,25H,6,10,12,16-17,19-21H2,1-2H3;4,6,8,10,14H,3,5,7,9H2,1-2H3;1H/t25-;10-;/m00./s1. The predicted octanol–water partition coefficient (Wildman–Crippen LogP) is 8.20. The van der Waals surface area contributed by atoms with Crippen molar-refractivity contribution in [3.8, 4) is 11.5 Å². The van der Waals surface area contributed by atoms with Gasteiger partial charge in [-0.25, -0.2) is 0 Å². The Kier molecular flexibility index (Phi) is 13.4. The normalized spacial score (nSPS) is 17.4. The molecule has 0 aromatic heterocycles. The fraction of sp³-hybridized carbons (Fsp3) is 0.419. The maximum Gasteiger partial charge on any atom is 0.254 e. The first-order valence-corrected chi connectivity index (χ1v) is 18.1. The molecule has 4 aromatic carbocycles. The van der Waals surface area contributed by atoms with Gasteiger partial charge in [0.1, 0.15) is 11.5 Å². The zero-order valence-corrected chi connectivity index (χ0v) is 31.1. The molecule has 0 radical (unpaired) electrons. The second kappa shape index (κ2) is 17.9. The summed E-state index contributed by atoms with van der Waals surface area (Å²) in [7, 11) is 7.80. The number of nitrogens with one attached hydrogen (secondary N) is 1. The molecule has 3 aliphatic rings. The van der Waals surface area contributed by atoms with E-state index < -0.39 is 0 Å². The fourth-order valence-electron chi connectivity index (χ4n) is 8.16. The van der Waals surface area contributed by atoms with Crippen LogP contribution in [0.4, 0.5) is 0 Å². The summed E-state index contributed by atoms with van der Waals surface area (Å²) in [6.07, 6.45) is 8.36. The number of halogens is 1. The molecule has 7 heteroatoms. The average Bonchev–Trinajstić information content (AvgIpc) is 3.58. The van der Waals surface area contributed by atoms with Crippen molar-refractivity contribution < 1.29 is 14.3 Å². The average molecular weight is 696 g/mol. The lowest BCUT2D eigenvalue weighted by molar-refractivity contribution is 0.0751. The van der Waals surface area contributed by atoms with Crippen molar-refractivity contribution in [2.45, 2.75) is 69.9 Å². The fourth-order valence-corrected chi connectivity index (χ4v) is 8.16. The van der Waals surface area contributed by atoms with Crippen LogP contribution in [0, 0.1) is 0 Å². The summed E-state index contributed by atoms with van der Waals surface area (Å²) in [5, 5.41) is 3.27. The number of hydrogen-bond acceptors (Lipinski definition) is 5. The van der Waals surface area contributed by atoms with Gasteiger partial charge < -0.3 is 24.6 Å². The van der Waals surface area contributed by atoms with Gasteiger partial charge in [-0.2, -0.15) is 0 Å². The van der Waals surface area contributed by atoms with Gasteiger partial charge in [-0.1, -0.05) is 60.7 Å². The highest BCUT2D eigenvalue weighted by atomic mass is 35.5. The van der Waals surface area contributed by atoms with Gasteiger partial charge in [-0.05, 0) is 134 Å². The van der Waals surface area contributed by atoms with Gasteiger partial charge in [0.2, 0.25) is 0 Å². The van der Waals surface area contributed by atoms with Crippen LogP contribution < -0.4 is 14.8 Å². The van der Waals surface area contributed by atoms with Crippen LogP contribution in [0.25, 0.3) is 0 Å². The van der Waals surface area contributed by atoms with Crippen molar-refractivity contribution in [1.29, 1.82) is 0 Å². The van der Waals surface area contributed by atoms with E-state index in [1.54, 1.807) is 14.2 Å². The van der Waals surface area contributed by atoms with Crippen LogP contribution in [0.1, 0.15) is 86.8 Å². The molecule has 1 heterocycles. The molecule has 0 saturated carbocycles. The summed E-state index contributed by atoms with van der Waals surface area (Å²) in [5.74, 6) is 3.45. The molecule has 0 fully saturated rings. The highest BCUT2D eigenvalue weighted by Crippen LogP contribution is 2.38. The van der Waals surface area contributed by atoms with Gasteiger partial charge in [-0.15, -0.1) is 12.4 Å². The molecule has 2 aliphatic carbocycles. The summed E-state index contributed by atoms with van der Waals surface area (Å²) >= 11 is 0. The topological polar surface area (TPSA) is 54.0 Å². The van der Waals surface area contributed by atoms with Gasteiger partial charge in [-0.3, -0.25) is 4.79 Å². The third-order valence-corrected chi connectivity index (χ3v) is 10.7. The number of carbonyl (C=O) groups excluding carboxylic acids is 1. The maximum atomic E-state index is 12.8. The third-order valence-electron chi connectivity index (χ3n) is 10.7. The Morgan fingerprint density at radius 1 is 0.800 bits per heavy atom. The van der Waals surface area contributed by atoms with E-state index in [1.165, 1.54) is 71.0 Å². The summed E-state index contributed by atoms with van der Waals surface area (Å²) in [6.45, 7) is 4.58. The lowest BCUT2D eigenvalue weighted by Crippen LogP contribution is -2.28. The number of carbonyl (C=O) groups is 1. The van der Waals surface area contributed by atoms with Gasteiger partial charge in [0, 0.05) is 38.3 Å². The van der Waals surface area contributed by atoms with Crippen LogP contribution in [0.15, 0.2) is 84.9 Å². The highest BCUT2D eigenvalue weighted by molar-refractivity contribution is 5.94. The molecule has 0 spiro atoms. The van der Waals surface area contributed by atoms with Crippen molar-refractivity contribution in [3.05, 3.63) is 129 Å². The molecule has 1 aliphatic heterocycles. The maximum absolute atomic E-state index is 12.8. The number of methoxy groups -OCH3 is 2. The van der Waals surface area contributed by atoms with E-state index in [0.29, 0.717) is 24.9 Å². The first-order valence-electron chi connectivity index (χ1n) is 18.1. The number of rotatable bonds is 10. The quantitative estimate of drug-likeness (QED) is 0.181. The monoisotopic (exact) mass is 695 g/mol. The van der Waals surface area contributed by atoms with E-state index >= 15 is 0 Å². The zero-order valence-electron chi connectivity index (χ0n) is 30.3. The molecule has 0 bridgehead atoms. The van der Waals surface area contributed by atoms with Crippen molar-refractivity contribution in [3.63, 3.8) is 0 Å². The zero-order chi connectivity index (χ0) is 34.2. The Balaban J connectivity index is 0.000000255. The first kappa shape index (κ1) is 37.4.